The lowest BCUT2D eigenvalue weighted by Gasteiger charge is -2.38. The van der Waals surface area contributed by atoms with E-state index in [0.717, 1.165) is 11.3 Å². The third-order valence-electron chi connectivity index (χ3n) is 5.36. The van der Waals surface area contributed by atoms with Crippen LogP contribution >= 0.6 is 0 Å². The van der Waals surface area contributed by atoms with Crippen molar-refractivity contribution in [3.05, 3.63) is 29.6 Å². The van der Waals surface area contributed by atoms with E-state index in [1.54, 1.807) is 24.8 Å². The minimum atomic E-state index is -1.06. The molecule has 0 aromatic heterocycles. The monoisotopic (exact) mass is 406 g/mol. The Balaban J connectivity index is 0.00000145. The number of hydrogen-bond donors (Lipinski definition) is 2. The molecule has 8 heteroatoms. The summed E-state index contributed by atoms with van der Waals surface area (Å²) in [5.74, 6) is -1.12. The number of anilines is 1. The molecule has 1 aromatic rings. The summed E-state index contributed by atoms with van der Waals surface area (Å²) in [6, 6.07) is 4.20. The molecule has 0 radical (unpaired) electrons. The smallest absolute Gasteiger partial charge is 0.322 e. The average molecular weight is 407 g/mol. The summed E-state index contributed by atoms with van der Waals surface area (Å²) in [6.45, 7) is 11.7. The van der Waals surface area contributed by atoms with Crippen molar-refractivity contribution < 1.29 is 18.8 Å². The first-order valence-electron chi connectivity index (χ1n) is 10.1. The van der Waals surface area contributed by atoms with E-state index in [2.05, 4.69) is 15.5 Å². The highest BCUT2D eigenvalue weighted by Gasteiger charge is 2.44. The maximum atomic E-state index is 13.5. The molecule has 0 bridgehead atoms. The lowest BCUT2D eigenvalue weighted by molar-refractivity contribution is -0.136. The van der Waals surface area contributed by atoms with Gasteiger partial charge in [-0.25, -0.2) is 9.18 Å². The number of imide groups is 1. The second-order valence-electron chi connectivity index (χ2n) is 7.59. The number of nitrogens with zero attached hydrogens (tertiary/aromatic N) is 2. The maximum absolute atomic E-state index is 13.5. The number of halogens is 1. The van der Waals surface area contributed by atoms with E-state index in [9.17, 15) is 18.8 Å². The molecule has 2 atom stereocenters. The Hall–Kier alpha value is -2.64. The zero-order valence-electron chi connectivity index (χ0n) is 17.8. The highest BCUT2D eigenvalue weighted by molar-refractivity contribution is 6.07. The molecule has 2 aliphatic heterocycles. The van der Waals surface area contributed by atoms with Crippen molar-refractivity contribution in [1.82, 2.24) is 15.5 Å². The minimum Gasteiger partial charge on any atom is -0.368 e. The van der Waals surface area contributed by atoms with Gasteiger partial charge in [-0.15, -0.1) is 0 Å². The molecule has 4 amide bonds. The topological polar surface area (TPSA) is 81.8 Å². The summed E-state index contributed by atoms with van der Waals surface area (Å²) >= 11 is 0. The van der Waals surface area contributed by atoms with Crippen molar-refractivity contribution in [2.45, 2.75) is 46.6 Å². The number of rotatable bonds is 4. The molecule has 2 unspecified atom stereocenters. The van der Waals surface area contributed by atoms with Crippen LogP contribution in [0.5, 0.6) is 0 Å². The molecule has 0 aliphatic carbocycles. The summed E-state index contributed by atoms with van der Waals surface area (Å²) in [6.07, 6.45) is 0.243. The first-order chi connectivity index (χ1) is 13.7. The number of nitrogens with one attached hydrogen (secondary N) is 2. The molecule has 1 aromatic carbocycles. The van der Waals surface area contributed by atoms with E-state index < -0.39 is 23.4 Å². The molecule has 2 N–H and O–H groups in total. The predicted molar refractivity (Wildman–Crippen MR) is 110 cm³/mol. The van der Waals surface area contributed by atoms with Crippen molar-refractivity contribution in [2.24, 2.45) is 5.92 Å². The average Bonchev–Trinajstić information content (AvgIpc) is 2.96. The normalized spacial score (nSPS) is 22.4. The lowest BCUT2D eigenvalue weighted by Crippen LogP contribution is -2.52. The number of aryl methyl sites for hydroxylation is 1. The Kier molecular flexibility index (Phi) is 7.21. The fourth-order valence-electron chi connectivity index (χ4n) is 3.83. The van der Waals surface area contributed by atoms with Gasteiger partial charge < -0.3 is 15.1 Å². The van der Waals surface area contributed by atoms with E-state index in [1.807, 2.05) is 20.8 Å². The van der Waals surface area contributed by atoms with Crippen LogP contribution in [0.2, 0.25) is 0 Å². The fraction of sp³-hybridized carbons (Fsp3) is 0.571. The Labute approximate surface area is 171 Å². The standard InChI is InChI=1S/C19H25FN4O3.C2H6/c1-12-4-5-14(20)10-15(12)23-6-8-24(9-7-23)16(25)13(2)11-19(3)17(26)21-18(27)22-19;1-2/h4-5,10,13H,6-9,11H2,1-3H3,(H2,21,22,26,27);1-2H3. The van der Waals surface area contributed by atoms with Gasteiger partial charge in [0.1, 0.15) is 11.4 Å². The summed E-state index contributed by atoms with van der Waals surface area (Å²) in [7, 11) is 0. The van der Waals surface area contributed by atoms with Gasteiger partial charge in [0, 0.05) is 37.8 Å². The number of piperazine rings is 1. The minimum absolute atomic E-state index is 0.0409. The van der Waals surface area contributed by atoms with Crippen LogP contribution in [0.4, 0.5) is 14.9 Å². The Morgan fingerprint density at radius 3 is 2.38 bits per heavy atom. The summed E-state index contributed by atoms with van der Waals surface area (Å²) in [5.41, 5.74) is 0.792. The van der Waals surface area contributed by atoms with Gasteiger partial charge in [-0.1, -0.05) is 26.8 Å². The third-order valence-corrected chi connectivity index (χ3v) is 5.36. The second kappa shape index (κ2) is 9.24. The number of benzene rings is 1. The zero-order valence-corrected chi connectivity index (χ0v) is 17.8. The van der Waals surface area contributed by atoms with Crippen LogP contribution in [0.1, 0.15) is 39.7 Å². The first kappa shape index (κ1) is 22.6. The number of amides is 4. The van der Waals surface area contributed by atoms with Gasteiger partial charge in [-0.3, -0.25) is 14.9 Å². The van der Waals surface area contributed by atoms with Gasteiger partial charge in [0.25, 0.3) is 5.91 Å². The maximum Gasteiger partial charge on any atom is 0.322 e. The SMILES string of the molecule is CC.Cc1ccc(F)cc1N1CCN(C(=O)C(C)CC2(C)NC(=O)NC2=O)CC1. The van der Waals surface area contributed by atoms with Gasteiger partial charge >= 0.3 is 6.03 Å². The van der Waals surface area contributed by atoms with Crippen LogP contribution in [0.15, 0.2) is 18.2 Å². The number of carbonyl (C=O) groups is 3. The Morgan fingerprint density at radius 2 is 1.83 bits per heavy atom. The molecule has 2 heterocycles. The zero-order chi connectivity index (χ0) is 21.8. The van der Waals surface area contributed by atoms with Crippen molar-refractivity contribution in [3.63, 3.8) is 0 Å². The first-order valence-corrected chi connectivity index (χ1v) is 10.1. The van der Waals surface area contributed by atoms with Crippen LogP contribution in [-0.4, -0.2) is 54.5 Å². The van der Waals surface area contributed by atoms with E-state index in [1.165, 1.54) is 12.1 Å². The second-order valence-corrected chi connectivity index (χ2v) is 7.59. The molecule has 29 heavy (non-hydrogen) atoms. The molecule has 7 nitrogen and oxygen atoms in total. The Morgan fingerprint density at radius 1 is 1.21 bits per heavy atom. The molecule has 0 saturated carbocycles. The highest BCUT2D eigenvalue weighted by atomic mass is 19.1. The molecule has 160 valence electrons. The Bertz CT molecular complexity index is 777. The van der Waals surface area contributed by atoms with Crippen LogP contribution in [-0.2, 0) is 9.59 Å². The van der Waals surface area contributed by atoms with Gasteiger partial charge in [-0.05, 0) is 38.0 Å². The van der Waals surface area contributed by atoms with Gasteiger partial charge in [0.2, 0.25) is 5.91 Å². The molecule has 3 rings (SSSR count). The van der Waals surface area contributed by atoms with Gasteiger partial charge in [-0.2, -0.15) is 0 Å². The summed E-state index contributed by atoms with van der Waals surface area (Å²) < 4.78 is 13.5. The van der Waals surface area contributed by atoms with E-state index >= 15 is 0 Å². The summed E-state index contributed by atoms with van der Waals surface area (Å²) in [4.78, 5) is 40.0. The van der Waals surface area contributed by atoms with Crippen molar-refractivity contribution in [2.75, 3.05) is 31.1 Å². The van der Waals surface area contributed by atoms with Crippen molar-refractivity contribution in [1.29, 1.82) is 0 Å². The number of hydrogen-bond acceptors (Lipinski definition) is 4. The highest BCUT2D eigenvalue weighted by Crippen LogP contribution is 2.25. The van der Waals surface area contributed by atoms with Crippen LogP contribution in [0.3, 0.4) is 0 Å². The lowest BCUT2D eigenvalue weighted by atomic mass is 9.89. The van der Waals surface area contributed by atoms with E-state index in [-0.39, 0.29) is 18.1 Å². The van der Waals surface area contributed by atoms with Crippen LogP contribution in [0.25, 0.3) is 0 Å². The molecular formula is C21H31FN4O3. The predicted octanol–water partition coefficient (Wildman–Crippen LogP) is 2.43. The third kappa shape index (κ3) is 5.05. The molecular weight excluding hydrogens is 375 g/mol. The summed E-state index contributed by atoms with van der Waals surface area (Å²) in [5, 5.41) is 4.81. The van der Waals surface area contributed by atoms with Crippen molar-refractivity contribution >= 4 is 23.5 Å². The van der Waals surface area contributed by atoms with Gasteiger partial charge in [0.15, 0.2) is 0 Å². The van der Waals surface area contributed by atoms with Crippen LogP contribution < -0.4 is 15.5 Å². The largest absolute Gasteiger partial charge is 0.368 e. The quantitative estimate of drug-likeness (QED) is 0.753. The fourth-order valence-corrected chi connectivity index (χ4v) is 3.83. The molecule has 0 spiro atoms. The molecule has 2 aliphatic rings. The molecule has 2 fully saturated rings. The van der Waals surface area contributed by atoms with E-state index in [0.29, 0.717) is 26.2 Å². The van der Waals surface area contributed by atoms with Crippen LogP contribution in [0, 0.1) is 18.7 Å². The molecule has 2 saturated heterocycles. The number of carbonyl (C=O) groups excluding carboxylic acids is 3. The van der Waals surface area contributed by atoms with Gasteiger partial charge in [0.05, 0.1) is 0 Å². The number of urea groups is 1. The van der Waals surface area contributed by atoms with E-state index in [4.69, 9.17) is 0 Å². The van der Waals surface area contributed by atoms with Crippen molar-refractivity contribution in [3.8, 4) is 0 Å².